The number of fused-ring (bicyclic) bond motifs is 1. The van der Waals surface area contributed by atoms with Crippen LogP contribution in [0.5, 0.6) is 5.75 Å². The van der Waals surface area contributed by atoms with Gasteiger partial charge >= 0.3 is 0 Å². The Labute approximate surface area is 129 Å². The van der Waals surface area contributed by atoms with Gasteiger partial charge in [-0.3, -0.25) is 4.98 Å². The highest BCUT2D eigenvalue weighted by Crippen LogP contribution is 2.44. The van der Waals surface area contributed by atoms with Crippen LogP contribution in [0.25, 0.3) is 0 Å². The fourth-order valence-electron chi connectivity index (χ4n) is 3.14. The molecule has 0 saturated heterocycles. The third-order valence-electron chi connectivity index (χ3n) is 4.15. The largest absolute Gasteiger partial charge is 0.496 e. The second-order valence-corrected chi connectivity index (χ2v) is 5.75. The van der Waals surface area contributed by atoms with Crippen molar-refractivity contribution in [3.05, 3.63) is 58.4 Å². The number of benzene rings is 1. The van der Waals surface area contributed by atoms with E-state index in [-0.39, 0.29) is 5.92 Å². The number of pyridine rings is 1. The van der Waals surface area contributed by atoms with Crippen molar-refractivity contribution in [1.29, 1.82) is 0 Å². The summed E-state index contributed by atoms with van der Waals surface area (Å²) in [7, 11) is 1.59. The summed E-state index contributed by atoms with van der Waals surface area (Å²) < 4.78 is 5.36. The van der Waals surface area contributed by atoms with E-state index in [1.807, 2.05) is 18.2 Å². The van der Waals surface area contributed by atoms with E-state index in [4.69, 9.17) is 16.3 Å². The van der Waals surface area contributed by atoms with E-state index in [1.54, 1.807) is 19.4 Å². The average molecular weight is 304 g/mol. The molecule has 1 aliphatic rings. The van der Waals surface area contributed by atoms with Gasteiger partial charge in [0.1, 0.15) is 5.75 Å². The molecule has 3 rings (SSSR count). The summed E-state index contributed by atoms with van der Waals surface area (Å²) in [6.45, 7) is 0. The number of aromatic nitrogens is 1. The lowest BCUT2D eigenvalue weighted by atomic mass is 9.81. The fraction of sp³-hybridized carbons (Fsp3) is 0.353. The maximum absolute atomic E-state index is 10.9. The first kappa shape index (κ1) is 14.4. The zero-order valence-electron chi connectivity index (χ0n) is 11.9. The molecule has 0 bridgehead atoms. The van der Waals surface area contributed by atoms with E-state index in [1.165, 1.54) is 5.56 Å². The van der Waals surface area contributed by atoms with Crippen LogP contribution in [-0.2, 0) is 6.42 Å². The zero-order valence-corrected chi connectivity index (χ0v) is 12.7. The second kappa shape index (κ2) is 6.04. The Balaban J connectivity index is 2.03. The first-order valence-electron chi connectivity index (χ1n) is 7.16. The van der Waals surface area contributed by atoms with Crippen LogP contribution < -0.4 is 4.74 Å². The predicted molar refractivity (Wildman–Crippen MR) is 82.9 cm³/mol. The quantitative estimate of drug-likeness (QED) is 0.935. The number of aryl methyl sites for hydroxylation is 1. The molecule has 21 heavy (non-hydrogen) atoms. The average Bonchev–Trinajstić information content (AvgIpc) is 2.53. The summed E-state index contributed by atoms with van der Waals surface area (Å²) in [6.07, 6.45) is 4.05. The minimum absolute atomic E-state index is 0.0382. The summed E-state index contributed by atoms with van der Waals surface area (Å²) in [5, 5.41) is 11.4. The van der Waals surface area contributed by atoms with Gasteiger partial charge in [0.05, 0.1) is 18.2 Å². The molecule has 2 atom stereocenters. The van der Waals surface area contributed by atoms with Gasteiger partial charge in [0.25, 0.3) is 0 Å². The molecule has 0 fully saturated rings. The number of hydrogen-bond donors (Lipinski definition) is 1. The lowest BCUT2D eigenvalue weighted by Gasteiger charge is -2.29. The third-order valence-corrected chi connectivity index (χ3v) is 4.48. The van der Waals surface area contributed by atoms with E-state index in [0.29, 0.717) is 16.3 Å². The van der Waals surface area contributed by atoms with Crippen molar-refractivity contribution in [2.45, 2.75) is 31.3 Å². The lowest BCUT2D eigenvalue weighted by Crippen LogP contribution is -2.19. The molecule has 110 valence electrons. The van der Waals surface area contributed by atoms with Gasteiger partial charge in [-0.25, -0.2) is 0 Å². The molecule has 1 aliphatic carbocycles. The summed E-state index contributed by atoms with van der Waals surface area (Å²) in [6, 6.07) is 9.47. The molecule has 2 aromatic rings. The summed E-state index contributed by atoms with van der Waals surface area (Å²) in [5.41, 5.74) is 2.86. The number of rotatable bonds is 3. The van der Waals surface area contributed by atoms with Crippen LogP contribution in [0.15, 0.2) is 36.5 Å². The van der Waals surface area contributed by atoms with E-state index in [2.05, 4.69) is 11.1 Å². The zero-order chi connectivity index (χ0) is 14.8. The van der Waals surface area contributed by atoms with Gasteiger partial charge in [0.2, 0.25) is 0 Å². The van der Waals surface area contributed by atoms with E-state index < -0.39 is 6.10 Å². The number of hydrogen-bond acceptors (Lipinski definition) is 3. The van der Waals surface area contributed by atoms with Crippen LogP contribution in [0, 0.1) is 0 Å². The summed E-state index contributed by atoms with van der Waals surface area (Å²) in [5.74, 6) is 0.585. The Morgan fingerprint density at radius 2 is 2.19 bits per heavy atom. The van der Waals surface area contributed by atoms with Crippen LogP contribution in [0.4, 0.5) is 0 Å². The van der Waals surface area contributed by atoms with Crippen LogP contribution in [0.2, 0.25) is 5.02 Å². The first-order valence-corrected chi connectivity index (χ1v) is 7.54. The molecule has 4 heteroatoms. The van der Waals surface area contributed by atoms with Crippen molar-refractivity contribution in [2.75, 3.05) is 7.11 Å². The number of aliphatic hydroxyl groups is 1. The van der Waals surface area contributed by atoms with Gasteiger partial charge in [-0.15, -0.1) is 0 Å². The van der Waals surface area contributed by atoms with Gasteiger partial charge < -0.3 is 9.84 Å². The predicted octanol–water partition coefficient (Wildman–Crippen LogP) is 3.90. The second-order valence-electron chi connectivity index (χ2n) is 5.35. The molecule has 3 nitrogen and oxygen atoms in total. The van der Waals surface area contributed by atoms with Gasteiger partial charge in [-0.1, -0.05) is 23.7 Å². The van der Waals surface area contributed by atoms with Crippen molar-refractivity contribution >= 4 is 11.6 Å². The SMILES string of the molecule is COc1cccc(Cl)c1C(O)C1CCCc2cccnc21. The topological polar surface area (TPSA) is 42.4 Å². The molecule has 0 spiro atoms. The van der Waals surface area contributed by atoms with E-state index in [0.717, 1.165) is 25.0 Å². The Bertz CT molecular complexity index is 644. The highest BCUT2D eigenvalue weighted by atomic mass is 35.5. The van der Waals surface area contributed by atoms with Gasteiger partial charge in [0, 0.05) is 23.4 Å². The Kier molecular flexibility index (Phi) is 4.13. The maximum atomic E-state index is 10.9. The van der Waals surface area contributed by atoms with Crippen LogP contribution in [-0.4, -0.2) is 17.2 Å². The van der Waals surface area contributed by atoms with E-state index >= 15 is 0 Å². The third kappa shape index (κ3) is 2.63. The standard InChI is InChI=1S/C17H18ClNO2/c1-21-14-9-3-8-13(18)15(14)17(20)12-7-2-5-11-6-4-10-19-16(11)12/h3-4,6,8-10,12,17,20H,2,5,7H2,1H3. The van der Waals surface area contributed by atoms with Crippen molar-refractivity contribution in [3.8, 4) is 5.75 Å². The van der Waals surface area contributed by atoms with Crippen molar-refractivity contribution < 1.29 is 9.84 Å². The van der Waals surface area contributed by atoms with Gasteiger partial charge in [0.15, 0.2) is 0 Å². The molecule has 0 saturated carbocycles. The minimum atomic E-state index is -0.706. The first-order chi connectivity index (χ1) is 10.2. The van der Waals surface area contributed by atoms with Crippen molar-refractivity contribution in [1.82, 2.24) is 4.98 Å². The number of methoxy groups -OCH3 is 1. The molecule has 1 aromatic carbocycles. The molecular weight excluding hydrogens is 286 g/mol. The molecule has 1 N–H and O–H groups in total. The smallest absolute Gasteiger partial charge is 0.126 e. The van der Waals surface area contributed by atoms with E-state index in [9.17, 15) is 5.11 Å². The Morgan fingerprint density at radius 1 is 1.33 bits per heavy atom. The Hall–Kier alpha value is -1.58. The maximum Gasteiger partial charge on any atom is 0.126 e. The molecular formula is C17H18ClNO2. The number of halogens is 1. The molecule has 0 radical (unpaired) electrons. The highest BCUT2D eigenvalue weighted by molar-refractivity contribution is 6.31. The normalized spacial score (nSPS) is 18.9. The molecule has 1 heterocycles. The van der Waals surface area contributed by atoms with Crippen molar-refractivity contribution in [3.63, 3.8) is 0 Å². The minimum Gasteiger partial charge on any atom is -0.496 e. The molecule has 2 unspecified atom stereocenters. The van der Waals surface area contributed by atoms with Gasteiger partial charge in [-0.2, -0.15) is 0 Å². The Morgan fingerprint density at radius 3 is 3.00 bits per heavy atom. The lowest BCUT2D eigenvalue weighted by molar-refractivity contribution is 0.130. The highest BCUT2D eigenvalue weighted by Gasteiger charge is 2.31. The number of aliphatic hydroxyl groups excluding tert-OH is 1. The van der Waals surface area contributed by atoms with Crippen LogP contribution in [0.3, 0.4) is 0 Å². The van der Waals surface area contributed by atoms with Crippen LogP contribution in [0.1, 0.15) is 41.7 Å². The molecule has 1 aromatic heterocycles. The van der Waals surface area contributed by atoms with Gasteiger partial charge in [-0.05, 0) is 43.0 Å². The van der Waals surface area contributed by atoms with Crippen LogP contribution >= 0.6 is 11.6 Å². The number of ether oxygens (including phenoxy) is 1. The summed E-state index contributed by atoms with van der Waals surface area (Å²) >= 11 is 6.29. The molecule has 0 amide bonds. The fourth-order valence-corrected chi connectivity index (χ4v) is 3.41. The number of nitrogens with zero attached hydrogens (tertiary/aromatic N) is 1. The monoisotopic (exact) mass is 303 g/mol. The summed E-state index contributed by atoms with van der Waals surface area (Å²) in [4.78, 5) is 4.49. The molecule has 0 aliphatic heterocycles. The van der Waals surface area contributed by atoms with Crippen molar-refractivity contribution in [2.24, 2.45) is 0 Å².